The highest BCUT2D eigenvalue weighted by molar-refractivity contribution is 6.32. The third-order valence-electron chi connectivity index (χ3n) is 5.32. The number of rotatable bonds is 7. The van der Waals surface area contributed by atoms with Gasteiger partial charge in [-0.3, -0.25) is 9.69 Å². The largest absolute Gasteiger partial charge is 0.493 e. The van der Waals surface area contributed by atoms with Gasteiger partial charge in [0.1, 0.15) is 18.1 Å². The van der Waals surface area contributed by atoms with E-state index < -0.39 is 17.8 Å². The van der Waals surface area contributed by atoms with Gasteiger partial charge in [0.05, 0.1) is 30.3 Å². The lowest BCUT2D eigenvalue weighted by Gasteiger charge is -2.14. The fourth-order valence-electron chi connectivity index (χ4n) is 3.55. The van der Waals surface area contributed by atoms with E-state index in [2.05, 4.69) is 11.4 Å². The third kappa shape index (κ3) is 5.10. The predicted molar refractivity (Wildman–Crippen MR) is 127 cm³/mol. The van der Waals surface area contributed by atoms with Crippen LogP contribution in [-0.2, 0) is 17.9 Å². The van der Waals surface area contributed by atoms with E-state index in [0.29, 0.717) is 22.4 Å². The number of carbonyl (C=O) groups excluding carboxylic acids is 2. The molecule has 35 heavy (non-hydrogen) atoms. The maximum Gasteiger partial charge on any atom is 0.329 e. The fraction of sp³-hybridized carbons (Fsp3) is 0.115. The summed E-state index contributed by atoms with van der Waals surface area (Å²) in [6, 6.07) is 17.6. The Morgan fingerprint density at radius 3 is 2.54 bits per heavy atom. The molecule has 1 aliphatic heterocycles. The normalized spacial score (nSPS) is 14.1. The quantitative estimate of drug-likeness (QED) is 0.369. The van der Waals surface area contributed by atoms with Crippen molar-refractivity contribution in [1.29, 1.82) is 5.26 Å². The fourth-order valence-corrected chi connectivity index (χ4v) is 3.82. The summed E-state index contributed by atoms with van der Waals surface area (Å²) in [6.45, 7) is -0.102. The van der Waals surface area contributed by atoms with Crippen LogP contribution >= 0.6 is 11.6 Å². The second kappa shape index (κ2) is 10.3. The average molecular weight is 492 g/mol. The molecule has 1 saturated heterocycles. The zero-order valence-electron chi connectivity index (χ0n) is 18.5. The lowest BCUT2D eigenvalue weighted by atomic mass is 10.1. The Labute approximate surface area is 205 Å². The van der Waals surface area contributed by atoms with Gasteiger partial charge in [-0.05, 0) is 35.9 Å². The lowest BCUT2D eigenvalue weighted by Crippen LogP contribution is -2.30. The number of halogens is 2. The summed E-state index contributed by atoms with van der Waals surface area (Å²) in [5, 5.41) is 12.0. The molecule has 0 spiro atoms. The number of ether oxygens (including phenoxy) is 2. The van der Waals surface area contributed by atoms with Gasteiger partial charge in [0, 0.05) is 11.1 Å². The molecule has 0 unspecified atom stereocenters. The number of benzene rings is 3. The molecule has 1 aliphatic rings. The van der Waals surface area contributed by atoms with E-state index in [0.717, 1.165) is 4.90 Å². The number of urea groups is 1. The van der Waals surface area contributed by atoms with E-state index in [1.807, 2.05) is 0 Å². The molecule has 7 nitrogen and oxygen atoms in total. The molecule has 1 fully saturated rings. The van der Waals surface area contributed by atoms with Crippen molar-refractivity contribution in [2.75, 3.05) is 7.11 Å². The van der Waals surface area contributed by atoms with Crippen LogP contribution in [0.2, 0.25) is 5.02 Å². The molecule has 3 aromatic carbocycles. The zero-order chi connectivity index (χ0) is 24.9. The maximum atomic E-state index is 14.0. The van der Waals surface area contributed by atoms with E-state index in [-0.39, 0.29) is 35.2 Å². The summed E-state index contributed by atoms with van der Waals surface area (Å²) in [5.41, 5.74) is 1.89. The second-order valence-electron chi connectivity index (χ2n) is 7.56. The van der Waals surface area contributed by atoms with Crippen LogP contribution in [0, 0.1) is 17.1 Å². The molecule has 3 aromatic rings. The highest BCUT2D eigenvalue weighted by Crippen LogP contribution is 2.38. The molecular formula is C26H19ClFN3O4. The number of hydrogen-bond donors (Lipinski definition) is 1. The molecule has 0 atom stereocenters. The van der Waals surface area contributed by atoms with Crippen LogP contribution in [0.25, 0.3) is 6.08 Å². The minimum Gasteiger partial charge on any atom is -0.493 e. The van der Waals surface area contributed by atoms with Gasteiger partial charge in [-0.25, -0.2) is 9.18 Å². The van der Waals surface area contributed by atoms with Gasteiger partial charge < -0.3 is 14.8 Å². The molecule has 1 heterocycles. The van der Waals surface area contributed by atoms with E-state index in [4.69, 9.17) is 21.1 Å². The SMILES string of the molecule is COc1cc(/C=C2/NC(=O)N(Cc3ccccc3F)C2=O)cc(Cl)c1OCc1ccccc1C#N. The molecule has 1 N–H and O–H groups in total. The van der Waals surface area contributed by atoms with E-state index in [1.165, 1.54) is 31.4 Å². The topological polar surface area (TPSA) is 91.7 Å². The highest BCUT2D eigenvalue weighted by atomic mass is 35.5. The van der Waals surface area contributed by atoms with Crippen molar-refractivity contribution in [2.24, 2.45) is 0 Å². The van der Waals surface area contributed by atoms with Gasteiger partial charge in [-0.2, -0.15) is 5.26 Å². The van der Waals surface area contributed by atoms with E-state index >= 15 is 0 Å². The summed E-state index contributed by atoms with van der Waals surface area (Å²) >= 11 is 6.43. The van der Waals surface area contributed by atoms with Crippen molar-refractivity contribution in [2.45, 2.75) is 13.2 Å². The van der Waals surface area contributed by atoms with Crippen molar-refractivity contribution in [1.82, 2.24) is 10.2 Å². The number of nitrogens with one attached hydrogen (secondary N) is 1. The van der Waals surface area contributed by atoms with Crippen molar-refractivity contribution >= 4 is 29.6 Å². The molecule has 3 amide bonds. The van der Waals surface area contributed by atoms with Crippen molar-refractivity contribution in [3.05, 3.63) is 99.5 Å². The molecule has 0 aliphatic carbocycles. The molecule has 9 heteroatoms. The first-order chi connectivity index (χ1) is 16.9. The molecular weight excluding hydrogens is 473 g/mol. The van der Waals surface area contributed by atoms with Crippen molar-refractivity contribution in [3.8, 4) is 17.6 Å². The van der Waals surface area contributed by atoms with Gasteiger partial charge >= 0.3 is 6.03 Å². The molecule has 0 aromatic heterocycles. The number of amides is 3. The molecule has 0 bridgehead atoms. The van der Waals surface area contributed by atoms with Crippen LogP contribution in [0.5, 0.6) is 11.5 Å². The standard InChI is InChI=1S/C26H19ClFN3O4/c1-34-23-12-16(10-20(27)24(23)35-15-19-8-3-2-6-17(19)13-29)11-22-25(32)31(26(33)30-22)14-18-7-4-5-9-21(18)28/h2-12H,14-15H2,1H3,(H,30,33)/b22-11+. The maximum absolute atomic E-state index is 14.0. The molecule has 0 saturated carbocycles. The Kier molecular flexibility index (Phi) is 6.99. The first kappa shape index (κ1) is 23.8. The Morgan fingerprint density at radius 1 is 1.11 bits per heavy atom. The number of nitriles is 1. The summed E-state index contributed by atoms with van der Waals surface area (Å²) < 4.78 is 25.2. The van der Waals surface area contributed by atoms with Gasteiger partial charge in [-0.1, -0.05) is 48.0 Å². The van der Waals surface area contributed by atoms with Crippen molar-refractivity contribution < 1.29 is 23.5 Å². The average Bonchev–Trinajstić information content (AvgIpc) is 3.11. The monoisotopic (exact) mass is 491 g/mol. The van der Waals surface area contributed by atoms with Crippen LogP contribution < -0.4 is 14.8 Å². The Hall–Kier alpha value is -4.35. The van der Waals surface area contributed by atoms with Gasteiger partial charge in [0.2, 0.25) is 0 Å². The van der Waals surface area contributed by atoms with Gasteiger partial charge in [0.15, 0.2) is 11.5 Å². The molecule has 0 radical (unpaired) electrons. The zero-order valence-corrected chi connectivity index (χ0v) is 19.3. The predicted octanol–water partition coefficient (Wildman–Crippen LogP) is 5.03. The minimum atomic E-state index is -0.654. The smallest absolute Gasteiger partial charge is 0.329 e. The first-order valence-corrected chi connectivity index (χ1v) is 10.9. The number of carbonyl (C=O) groups is 2. The van der Waals surface area contributed by atoms with Crippen LogP contribution in [0.4, 0.5) is 9.18 Å². The summed E-state index contributed by atoms with van der Waals surface area (Å²) in [5.74, 6) is -0.525. The Bertz CT molecular complexity index is 1380. The number of imide groups is 1. The minimum absolute atomic E-state index is 0.0149. The molecule has 4 rings (SSSR count). The summed E-state index contributed by atoms with van der Waals surface area (Å²) in [4.78, 5) is 26.1. The van der Waals surface area contributed by atoms with Crippen LogP contribution in [0.3, 0.4) is 0 Å². The van der Waals surface area contributed by atoms with Crippen LogP contribution in [0.1, 0.15) is 22.3 Å². The summed E-state index contributed by atoms with van der Waals surface area (Å²) in [7, 11) is 1.44. The highest BCUT2D eigenvalue weighted by Gasteiger charge is 2.34. The second-order valence-corrected chi connectivity index (χ2v) is 7.97. The third-order valence-corrected chi connectivity index (χ3v) is 5.60. The van der Waals surface area contributed by atoms with Gasteiger partial charge in [-0.15, -0.1) is 0 Å². The number of methoxy groups -OCH3 is 1. The van der Waals surface area contributed by atoms with Crippen molar-refractivity contribution in [3.63, 3.8) is 0 Å². The Morgan fingerprint density at radius 2 is 1.83 bits per heavy atom. The Balaban J connectivity index is 1.55. The first-order valence-electron chi connectivity index (χ1n) is 10.5. The number of nitrogens with zero attached hydrogens (tertiary/aromatic N) is 2. The van der Waals surface area contributed by atoms with Crippen LogP contribution in [0.15, 0.2) is 66.4 Å². The summed E-state index contributed by atoms with van der Waals surface area (Å²) in [6.07, 6.45) is 1.45. The van der Waals surface area contributed by atoms with E-state index in [9.17, 15) is 19.2 Å². The van der Waals surface area contributed by atoms with Crippen LogP contribution in [-0.4, -0.2) is 23.9 Å². The lowest BCUT2D eigenvalue weighted by molar-refractivity contribution is -0.123. The van der Waals surface area contributed by atoms with E-state index in [1.54, 1.807) is 42.5 Å². The van der Waals surface area contributed by atoms with Gasteiger partial charge in [0.25, 0.3) is 5.91 Å². The number of hydrogen-bond acceptors (Lipinski definition) is 5. The molecule has 176 valence electrons.